The van der Waals surface area contributed by atoms with Crippen molar-refractivity contribution >= 4 is 10.0 Å². The van der Waals surface area contributed by atoms with E-state index in [0.29, 0.717) is 19.0 Å². The molecule has 2 aliphatic carbocycles. The van der Waals surface area contributed by atoms with E-state index in [1.165, 1.54) is 12.8 Å². The molecule has 1 heterocycles. The number of sulfonamides is 1. The summed E-state index contributed by atoms with van der Waals surface area (Å²) in [6, 6.07) is 0. The highest BCUT2D eigenvalue weighted by Gasteiger charge is 2.35. The molecule has 2 aliphatic rings. The maximum Gasteiger partial charge on any atom is 0.214 e. The largest absolute Gasteiger partial charge is 0.333 e. The smallest absolute Gasteiger partial charge is 0.214 e. The van der Waals surface area contributed by atoms with Crippen molar-refractivity contribution in [2.75, 3.05) is 6.54 Å². The molecule has 0 atom stereocenters. The van der Waals surface area contributed by atoms with Crippen LogP contribution in [0.3, 0.4) is 0 Å². The predicted molar refractivity (Wildman–Crippen MR) is 64.1 cm³/mol. The Bertz CT molecular complexity index is 501. The third-order valence-corrected chi connectivity index (χ3v) is 5.26. The Kier molecular flexibility index (Phi) is 2.71. The molecule has 0 aromatic carbocycles. The minimum Gasteiger partial charge on any atom is -0.333 e. The average molecular weight is 255 g/mol. The van der Waals surface area contributed by atoms with E-state index >= 15 is 0 Å². The van der Waals surface area contributed by atoms with E-state index in [4.69, 9.17) is 0 Å². The highest BCUT2D eigenvalue weighted by molar-refractivity contribution is 7.90. The second kappa shape index (κ2) is 4.10. The van der Waals surface area contributed by atoms with Gasteiger partial charge in [0.1, 0.15) is 5.82 Å². The van der Waals surface area contributed by atoms with Crippen molar-refractivity contribution in [3.8, 4) is 0 Å². The van der Waals surface area contributed by atoms with E-state index in [2.05, 4.69) is 14.3 Å². The zero-order valence-electron chi connectivity index (χ0n) is 9.67. The fourth-order valence-electron chi connectivity index (χ4n) is 2.02. The fraction of sp³-hybridized carbons (Fsp3) is 0.727. The van der Waals surface area contributed by atoms with Gasteiger partial charge in [-0.3, -0.25) is 0 Å². The van der Waals surface area contributed by atoms with E-state index in [9.17, 15) is 8.42 Å². The molecule has 1 aromatic heterocycles. The summed E-state index contributed by atoms with van der Waals surface area (Å²) < 4.78 is 28.0. The molecule has 0 saturated heterocycles. The Morgan fingerprint density at radius 1 is 1.35 bits per heavy atom. The van der Waals surface area contributed by atoms with Gasteiger partial charge >= 0.3 is 0 Å². The van der Waals surface area contributed by atoms with Crippen LogP contribution in [0.5, 0.6) is 0 Å². The fourth-order valence-corrected chi connectivity index (χ4v) is 3.38. The van der Waals surface area contributed by atoms with Crippen molar-refractivity contribution < 1.29 is 8.42 Å². The summed E-state index contributed by atoms with van der Waals surface area (Å²) in [7, 11) is -3.04. The summed E-state index contributed by atoms with van der Waals surface area (Å²) in [5.74, 6) is 1.71. The summed E-state index contributed by atoms with van der Waals surface area (Å²) in [6.45, 7) is 1.15. The van der Waals surface area contributed by atoms with E-state index in [0.717, 1.165) is 18.7 Å². The lowest BCUT2D eigenvalue weighted by atomic mass is 10.4. The molecule has 2 saturated carbocycles. The molecule has 0 unspecified atom stereocenters. The quantitative estimate of drug-likeness (QED) is 0.819. The van der Waals surface area contributed by atoms with E-state index in [1.807, 2.05) is 6.20 Å². The standard InChI is InChI=1S/C11H17N3O2S/c15-17(16,10-3-4-10)13-6-8-14-7-5-12-11(14)9-1-2-9/h5,7,9-10,13H,1-4,6,8H2. The van der Waals surface area contributed by atoms with E-state index in [-0.39, 0.29) is 5.25 Å². The molecule has 0 radical (unpaired) electrons. The van der Waals surface area contributed by atoms with Gasteiger partial charge in [-0.15, -0.1) is 0 Å². The molecular weight excluding hydrogens is 238 g/mol. The third-order valence-electron chi connectivity index (χ3n) is 3.31. The Hall–Kier alpha value is -0.880. The highest BCUT2D eigenvalue weighted by Crippen LogP contribution is 2.38. The second-order valence-electron chi connectivity index (χ2n) is 4.89. The molecule has 1 N–H and O–H groups in total. The SMILES string of the molecule is O=S(=O)(NCCn1ccnc1C1CC1)C1CC1. The molecule has 3 rings (SSSR count). The molecular formula is C11H17N3O2S. The molecule has 0 amide bonds. The van der Waals surface area contributed by atoms with Gasteiger partial charge < -0.3 is 4.57 Å². The Morgan fingerprint density at radius 3 is 2.76 bits per heavy atom. The second-order valence-corrected chi connectivity index (χ2v) is 6.94. The van der Waals surface area contributed by atoms with Gasteiger partial charge in [0.25, 0.3) is 0 Å². The lowest BCUT2D eigenvalue weighted by Crippen LogP contribution is -2.30. The molecule has 1 aromatic rings. The van der Waals surface area contributed by atoms with Crippen LogP contribution in [0, 0.1) is 0 Å². The maximum atomic E-state index is 11.6. The number of nitrogens with one attached hydrogen (secondary N) is 1. The summed E-state index contributed by atoms with van der Waals surface area (Å²) in [4.78, 5) is 4.33. The lowest BCUT2D eigenvalue weighted by molar-refractivity contribution is 0.568. The Morgan fingerprint density at radius 2 is 2.12 bits per heavy atom. The number of aromatic nitrogens is 2. The van der Waals surface area contributed by atoms with Crippen molar-refractivity contribution in [1.82, 2.24) is 14.3 Å². The topological polar surface area (TPSA) is 64.0 Å². The van der Waals surface area contributed by atoms with Crippen LogP contribution in [0.1, 0.15) is 37.4 Å². The molecule has 94 valence electrons. The monoisotopic (exact) mass is 255 g/mol. The van der Waals surface area contributed by atoms with Crippen molar-refractivity contribution in [2.24, 2.45) is 0 Å². The number of hydrogen-bond donors (Lipinski definition) is 1. The normalized spacial score (nSPS) is 20.7. The van der Waals surface area contributed by atoms with E-state index < -0.39 is 10.0 Å². The number of imidazole rings is 1. The molecule has 2 fully saturated rings. The van der Waals surface area contributed by atoms with Gasteiger partial charge in [0, 0.05) is 31.4 Å². The van der Waals surface area contributed by atoms with Crippen LogP contribution >= 0.6 is 0 Å². The van der Waals surface area contributed by atoms with Crippen LogP contribution in [0.25, 0.3) is 0 Å². The van der Waals surface area contributed by atoms with Crippen LogP contribution in [0.15, 0.2) is 12.4 Å². The van der Waals surface area contributed by atoms with Crippen LogP contribution in [-0.2, 0) is 16.6 Å². The first-order chi connectivity index (χ1) is 8.17. The summed E-state index contributed by atoms with van der Waals surface area (Å²) in [5, 5.41) is -0.131. The molecule has 0 bridgehead atoms. The van der Waals surface area contributed by atoms with Gasteiger partial charge in [0.15, 0.2) is 0 Å². The molecule has 5 nitrogen and oxygen atoms in total. The molecule has 0 spiro atoms. The van der Waals surface area contributed by atoms with Gasteiger partial charge in [-0.05, 0) is 25.7 Å². The third kappa shape index (κ3) is 2.52. The zero-order valence-corrected chi connectivity index (χ0v) is 10.5. The van der Waals surface area contributed by atoms with Crippen LogP contribution in [0.2, 0.25) is 0 Å². The minimum absolute atomic E-state index is 0.131. The molecule has 17 heavy (non-hydrogen) atoms. The Balaban J connectivity index is 1.55. The average Bonchev–Trinajstić information content (AvgIpc) is 3.17. The number of nitrogens with zero attached hydrogens (tertiary/aromatic N) is 2. The first kappa shape index (κ1) is 11.2. The van der Waals surface area contributed by atoms with Crippen LogP contribution in [0.4, 0.5) is 0 Å². The lowest BCUT2D eigenvalue weighted by Gasteiger charge is -2.08. The van der Waals surface area contributed by atoms with Crippen molar-refractivity contribution in [3.63, 3.8) is 0 Å². The molecule has 6 heteroatoms. The summed E-state index contributed by atoms with van der Waals surface area (Å²) in [6.07, 6.45) is 7.78. The molecule has 0 aliphatic heterocycles. The van der Waals surface area contributed by atoms with Crippen molar-refractivity contribution in [1.29, 1.82) is 0 Å². The zero-order chi connectivity index (χ0) is 11.9. The van der Waals surface area contributed by atoms with Gasteiger partial charge in [-0.1, -0.05) is 0 Å². The van der Waals surface area contributed by atoms with Crippen LogP contribution < -0.4 is 4.72 Å². The van der Waals surface area contributed by atoms with Gasteiger partial charge in [0.05, 0.1) is 5.25 Å². The van der Waals surface area contributed by atoms with Crippen molar-refractivity contribution in [3.05, 3.63) is 18.2 Å². The first-order valence-corrected chi connectivity index (χ1v) is 7.71. The number of rotatable bonds is 6. The van der Waals surface area contributed by atoms with Crippen LogP contribution in [-0.4, -0.2) is 29.8 Å². The van der Waals surface area contributed by atoms with Crippen molar-refractivity contribution in [2.45, 2.75) is 43.4 Å². The first-order valence-electron chi connectivity index (χ1n) is 6.16. The summed E-state index contributed by atoms with van der Waals surface area (Å²) in [5.41, 5.74) is 0. The van der Waals surface area contributed by atoms with E-state index in [1.54, 1.807) is 6.20 Å². The highest BCUT2D eigenvalue weighted by atomic mass is 32.2. The number of hydrogen-bond acceptors (Lipinski definition) is 3. The minimum atomic E-state index is -3.04. The van der Waals surface area contributed by atoms with Gasteiger partial charge in [0.2, 0.25) is 10.0 Å². The van der Waals surface area contributed by atoms with Gasteiger partial charge in [-0.2, -0.15) is 0 Å². The predicted octanol–water partition coefficient (Wildman–Crippen LogP) is 0.842. The Labute approximate surface area is 101 Å². The van der Waals surface area contributed by atoms with Gasteiger partial charge in [-0.25, -0.2) is 18.1 Å². The maximum absolute atomic E-state index is 11.6. The summed E-state index contributed by atoms with van der Waals surface area (Å²) >= 11 is 0.